The number of fused-ring (bicyclic) bond motifs is 3. The molecule has 0 bridgehead atoms. The molecule has 4 rings (SSSR count). The van der Waals surface area contributed by atoms with E-state index in [0.717, 1.165) is 18.8 Å². The molecule has 1 saturated carbocycles. The first-order chi connectivity index (χ1) is 11.4. The number of nitrogens with zero attached hydrogens (tertiary/aromatic N) is 3. The Hall–Kier alpha value is -2.34. The molecule has 0 N–H and O–H groups in total. The minimum absolute atomic E-state index is 0.444. The topological polar surface area (TPSA) is 41.6 Å². The van der Waals surface area contributed by atoms with Crippen LogP contribution in [0.15, 0.2) is 48.4 Å². The zero-order valence-corrected chi connectivity index (χ0v) is 13.3. The zero-order chi connectivity index (χ0) is 15.6. The monoisotopic (exact) mass is 303 g/mol. The fraction of sp³-hybridized carbons (Fsp3) is 0.400. The molecule has 3 nitrogen and oxygen atoms in total. The Balaban J connectivity index is 1.45. The lowest BCUT2D eigenvalue weighted by atomic mass is 9.82. The highest BCUT2D eigenvalue weighted by Crippen LogP contribution is 2.42. The molecule has 1 unspecified atom stereocenters. The van der Waals surface area contributed by atoms with Crippen LogP contribution in [0.4, 0.5) is 0 Å². The minimum Gasteiger partial charge on any atom is -0.323 e. The summed E-state index contributed by atoms with van der Waals surface area (Å²) in [7, 11) is 0. The van der Waals surface area contributed by atoms with E-state index in [4.69, 9.17) is 5.26 Å². The van der Waals surface area contributed by atoms with Gasteiger partial charge in [0.1, 0.15) is 0 Å². The van der Waals surface area contributed by atoms with Crippen molar-refractivity contribution in [3.8, 4) is 17.3 Å². The van der Waals surface area contributed by atoms with Crippen LogP contribution in [0.2, 0.25) is 0 Å². The Morgan fingerprint density at radius 1 is 1.22 bits per heavy atom. The Morgan fingerprint density at radius 2 is 2.04 bits per heavy atom. The van der Waals surface area contributed by atoms with E-state index >= 15 is 0 Å². The average Bonchev–Trinajstić information content (AvgIpc) is 3.16. The van der Waals surface area contributed by atoms with E-state index in [9.17, 15) is 0 Å². The number of rotatable bonds is 3. The van der Waals surface area contributed by atoms with E-state index < -0.39 is 0 Å². The number of imidazole rings is 1. The van der Waals surface area contributed by atoms with Gasteiger partial charge in [0.15, 0.2) is 0 Å². The van der Waals surface area contributed by atoms with E-state index in [0.29, 0.717) is 6.04 Å². The number of hydrogen-bond donors (Lipinski definition) is 0. The van der Waals surface area contributed by atoms with Gasteiger partial charge in [0.2, 0.25) is 0 Å². The molecule has 0 saturated heterocycles. The molecule has 1 aliphatic heterocycles. The molecule has 0 spiro atoms. The third kappa shape index (κ3) is 2.59. The number of hydrogen-bond acceptors (Lipinski definition) is 2. The van der Waals surface area contributed by atoms with Crippen LogP contribution in [0.5, 0.6) is 0 Å². The van der Waals surface area contributed by atoms with Crippen molar-refractivity contribution in [2.45, 2.75) is 44.6 Å². The van der Waals surface area contributed by atoms with Gasteiger partial charge < -0.3 is 4.57 Å². The Morgan fingerprint density at radius 3 is 2.87 bits per heavy atom. The van der Waals surface area contributed by atoms with Crippen molar-refractivity contribution < 1.29 is 0 Å². The van der Waals surface area contributed by atoms with Crippen LogP contribution < -0.4 is 0 Å². The van der Waals surface area contributed by atoms with Crippen LogP contribution in [0, 0.1) is 17.2 Å². The minimum atomic E-state index is 0.444. The third-order valence-corrected chi connectivity index (χ3v) is 5.46. The second kappa shape index (κ2) is 6.04. The van der Waals surface area contributed by atoms with Gasteiger partial charge in [-0.1, -0.05) is 29.8 Å². The number of aromatic nitrogens is 2. The van der Waals surface area contributed by atoms with Crippen molar-refractivity contribution in [3.05, 3.63) is 54.0 Å². The molecule has 0 amide bonds. The summed E-state index contributed by atoms with van der Waals surface area (Å²) in [5, 5.41) is 8.76. The lowest BCUT2D eigenvalue weighted by molar-refractivity contribution is 0.354. The molecule has 116 valence electrons. The predicted octanol–water partition coefficient (Wildman–Crippen LogP) is 4.87. The summed E-state index contributed by atoms with van der Waals surface area (Å²) in [5.41, 5.74) is 5.39. The van der Waals surface area contributed by atoms with Gasteiger partial charge in [-0.3, -0.25) is 0 Å². The average molecular weight is 303 g/mol. The van der Waals surface area contributed by atoms with E-state index in [1.165, 1.54) is 48.1 Å². The second-order valence-electron chi connectivity index (χ2n) is 6.74. The Labute approximate surface area is 137 Å². The standard InChI is InChI=1S/C20H21N3/c21-12-11-16-7-5-15(6-8-16)9-10-19-17-3-1-2-4-18(17)20-13-22-14-23(19)20/h1-4,11,13-15,19H,5-10H2. The van der Waals surface area contributed by atoms with E-state index in [1.807, 2.05) is 12.5 Å². The van der Waals surface area contributed by atoms with Gasteiger partial charge in [-0.05, 0) is 50.0 Å². The highest BCUT2D eigenvalue weighted by Gasteiger charge is 2.28. The Bertz CT molecular complexity index is 768. The molecule has 1 fully saturated rings. The van der Waals surface area contributed by atoms with Gasteiger partial charge in [0.25, 0.3) is 0 Å². The first kappa shape index (κ1) is 14.3. The van der Waals surface area contributed by atoms with Gasteiger partial charge in [0, 0.05) is 11.6 Å². The maximum absolute atomic E-state index is 8.76. The molecule has 1 atom stereocenters. The molecule has 2 aromatic rings. The quantitative estimate of drug-likeness (QED) is 0.759. The third-order valence-electron chi connectivity index (χ3n) is 5.46. The van der Waals surface area contributed by atoms with Gasteiger partial charge in [0.05, 0.1) is 30.3 Å². The first-order valence-corrected chi connectivity index (χ1v) is 8.55. The van der Waals surface area contributed by atoms with Crippen LogP contribution in [-0.4, -0.2) is 9.55 Å². The molecule has 2 heterocycles. The molecule has 1 aromatic heterocycles. The van der Waals surface area contributed by atoms with Crippen LogP contribution in [-0.2, 0) is 0 Å². The summed E-state index contributed by atoms with van der Waals surface area (Å²) in [6.07, 6.45) is 12.8. The first-order valence-electron chi connectivity index (χ1n) is 8.55. The molecule has 1 aliphatic carbocycles. The molecule has 23 heavy (non-hydrogen) atoms. The predicted molar refractivity (Wildman–Crippen MR) is 90.7 cm³/mol. The molecular formula is C20H21N3. The van der Waals surface area contributed by atoms with E-state index in [-0.39, 0.29) is 0 Å². The normalized spacial score (nSPS) is 22.3. The van der Waals surface area contributed by atoms with E-state index in [1.54, 1.807) is 6.08 Å². The van der Waals surface area contributed by atoms with Gasteiger partial charge >= 0.3 is 0 Å². The highest BCUT2D eigenvalue weighted by atomic mass is 15.1. The van der Waals surface area contributed by atoms with E-state index in [2.05, 4.69) is 39.9 Å². The molecule has 2 aliphatic rings. The Kier molecular flexibility index (Phi) is 3.75. The van der Waals surface area contributed by atoms with Crippen molar-refractivity contribution in [3.63, 3.8) is 0 Å². The summed E-state index contributed by atoms with van der Waals surface area (Å²) in [5.74, 6) is 0.797. The summed E-state index contributed by atoms with van der Waals surface area (Å²) < 4.78 is 2.34. The smallest absolute Gasteiger partial charge is 0.0956 e. The molecular weight excluding hydrogens is 282 g/mol. The van der Waals surface area contributed by atoms with Gasteiger partial charge in [-0.25, -0.2) is 4.98 Å². The van der Waals surface area contributed by atoms with Crippen LogP contribution in [0.25, 0.3) is 11.3 Å². The van der Waals surface area contributed by atoms with Crippen molar-refractivity contribution in [2.24, 2.45) is 5.92 Å². The van der Waals surface area contributed by atoms with Crippen molar-refractivity contribution in [2.75, 3.05) is 0 Å². The van der Waals surface area contributed by atoms with Gasteiger partial charge in [-0.15, -0.1) is 0 Å². The van der Waals surface area contributed by atoms with Crippen molar-refractivity contribution >= 4 is 0 Å². The molecule has 3 heteroatoms. The fourth-order valence-electron chi connectivity index (χ4n) is 4.19. The number of allylic oxidation sites excluding steroid dienone is 2. The largest absolute Gasteiger partial charge is 0.323 e. The molecule has 0 radical (unpaired) electrons. The maximum Gasteiger partial charge on any atom is 0.0956 e. The van der Waals surface area contributed by atoms with Crippen LogP contribution in [0.3, 0.4) is 0 Å². The zero-order valence-electron chi connectivity index (χ0n) is 13.3. The summed E-state index contributed by atoms with van der Waals surface area (Å²) in [6.45, 7) is 0. The van der Waals surface area contributed by atoms with Gasteiger partial charge in [-0.2, -0.15) is 5.26 Å². The van der Waals surface area contributed by atoms with Crippen molar-refractivity contribution in [1.82, 2.24) is 9.55 Å². The fourth-order valence-corrected chi connectivity index (χ4v) is 4.19. The SMILES string of the molecule is N#CC=C1CCC(CCC2c3ccccc3-c3cncn32)CC1. The number of benzene rings is 1. The lowest BCUT2D eigenvalue weighted by Gasteiger charge is -2.25. The maximum atomic E-state index is 8.76. The second-order valence-corrected chi connectivity index (χ2v) is 6.74. The van der Waals surface area contributed by atoms with Crippen LogP contribution >= 0.6 is 0 Å². The van der Waals surface area contributed by atoms with Crippen molar-refractivity contribution in [1.29, 1.82) is 5.26 Å². The summed E-state index contributed by atoms with van der Waals surface area (Å²) in [4.78, 5) is 4.34. The van der Waals surface area contributed by atoms with Crippen LogP contribution in [0.1, 0.15) is 50.1 Å². The highest BCUT2D eigenvalue weighted by molar-refractivity contribution is 5.68. The number of nitriles is 1. The molecule has 1 aromatic carbocycles. The summed E-state index contributed by atoms with van der Waals surface area (Å²) in [6, 6.07) is 11.4. The summed E-state index contributed by atoms with van der Waals surface area (Å²) >= 11 is 0. The lowest BCUT2D eigenvalue weighted by Crippen LogP contribution is -2.12.